The van der Waals surface area contributed by atoms with Gasteiger partial charge in [0.1, 0.15) is 18.0 Å². The Labute approximate surface area is 134 Å². The first-order valence-corrected chi connectivity index (χ1v) is 7.29. The van der Waals surface area contributed by atoms with Gasteiger partial charge in [0.2, 0.25) is 11.6 Å². The number of rotatable bonds is 4. The van der Waals surface area contributed by atoms with Gasteiger partial charge in [0.15, 0.2) is 0 Å². The molecule has 0 spiro atoms. The van der Waals surface area contributed by atoms with Crippen molar-refractivity contribution in [3.8, 4) is 17.1 Å². The van der Waals surface area contributed by atoms with Crippen LogP contribution in [0.25, 0.3) is 11.4 Å². The zero-order chi connectivity index (χ0) is 16.3. The normalized spacial score (nSPS) is 11.4. The van der Waals surface area contributed by atoms with Gasteiger partial charge in [-0.1, -0.05) is 30.3 Å². The summed E-state index contributed by atoms with van der Waals surface area (Å²) >= 11 is 0. The highest BCUT2D eigenvalue weighted by Crippen LogP contribution is 2.23. The van der Waals surface area contributed by atoms with Crippen molar-refractivity contribution in [2.45, 2.75) is 6.54 Å². The number of quaternary nitrogens is 1. The lowest BCUT2D eigenvalue weighted by Crippen LogP contribution is -2.40. The molecular formula is C17H18N5O+. The summed E-state index contributed by atoms with van der Waals surface area (Å²) in [6, 6.07) is 16.8. The summed E-state index contributed by atoms with van der Waals surface area (Å²) in [4.78, 5) is 0. The predicted octanol–water partition coefficient (Wildman–Crippen LogP) is 2.41. The minimum Gasteiger partial charge on any atom is -0.508 e. The molecule has 2 aromatic carbocycles. The summed E-state index contributed by atoms with van der Waals surface area (Å²) in [6.07, 6.45) is 0. The summed E-state index contributed by atoms with van der Waals surface area (Å²) < 4.78 is 0.536. The van der Waals surface area contributed by atoms with Crippen LogP contribution in [0.1, 0.15) is 5.82 Å². The van der Waals surface area contributed by atoms with E-state index in [9.17, 15) is 5.11 Å². The molecular weight excluding hydrogens is 290 g/mol. The Balaban J connectivity index is 1.79. The van der Waals surface area contributed by atoms with Gasteiger partial charge in [-0.15, -0.1) is 20.4 Å². The topological polar surface area (TPSA) is 71.8 Å². The second kappa shape index (κ2) is 6.10. The molecule has 23 heavy (non-hydrogen) atoms. The first kappa shape index (κ1) is 15.1. The Bertz CT molecular complexity index is 770. The van der Waals surface area contributed by atoms with Crippen molar-refractivity contribution in [1.82, 2.24) is 24.9 Å². The number of aromatic nitrogens is 4. The Morgan fingerprint density at radius 2 is 1.43 bits per heavy atom. The highest BCUT2D eigenvalue weighted by Gasteiger charge is 2.22. The fraction of sp³-hybridized carbons (Fsp3) is 0.176. The monoisotopic (exact) mass is 308 g/mol. The van der Waals surface area contributed by atoms with Gasteiger partial charge in [-0.25, -0.2) is 0 Å². The molecule has 0 saturated carbocycles. The minimum absolute atomic E-state index is 0.251. The minimum atomic E-state index is 0.251. The van der Waals surface area contributed by atoms with Crippen LogP contribution in [-0.2, 0) is 6.54 Å². The van der Waals surface area contributed by atoms with Gasteiger partial charge in [-0.05, 0) is 12.1 Å². The SMILES string of the molecule is C[N+](C)(Cc1nnc(-c2ccccc2)nn1)c1ccc(O)cc1. The van der Waals surface area contributed by atoms with Crippen molar-refractivity contribution in [3.63, 3.8) is 0 Å². The molecule has 0 unspecified atom stereocenters. The molecule has 0 radical (unpaired) electrons. The van der Waals surface area contributed by atoms with Crippen LogP contribution in [0.15, 0.2) is 54.6 Å². The number of benzene rings is 2. The van der Waals surface area contributed by atoms with Crippen molar-refractivity contribution < 1.29 is 5.11 Å². The van der Waals surface area contributed by atoms with Gasteiger partial charge in [0.25, 0.3) is 0 Å². The maximum Gasteiger partial charge on any atom is 0.227 e. The molecule has 0 aliphatic carbocycles. The van der Waals surface area contributed by atoms with Crippen LogP contribution in [-0.4, -0.2) is 39.6 Å². The number of phenols is 1. The van der Waals surface area contributed by atoms with Crippen LogP contribution in [0, 0.1) is 0 Å². The number of hydrogen-bond donors (Lipinski definition) is 1. The van der Waals surface area contributed by atoms with E-state index in [1.165, 1.54) is 0 Å². The highest BCUT2D eigenvalue weighted by atomic mass is 16.3. The molecule has 0 aliphatic heterocycles. The average Bonchev–Trinajstić information content (AvgIpc) is 2.56. The second-order valence-electron chi connectivity index (χ2n) is 5.87. The maximum absolute atomic E-state index is 9.40. The van der Waals surface area contributed by atoms with E-state index < -0.39 is 0 Å². The summed E-state index contributed by atoms with van der Waals surface area (Å²) in [5.74, 6) is 1.34. The number of phenolic OH excluding ortho intramolecular Hbond substituents is 1. The molecule has 0 aliphatic rings. The average molecular weight is 308 g/mol. The molecule has 6 heteroatoms. The maximum atomic E-state index is 9.40. The van der Waals surface area contributed by atoms with E-state index in [0.717, 1.165) is 11.3 Å². The van der Waals surface area contributed by atoms with Crippen molar-refractivity contribution in [1.29, 1.82) is 0 Å². The van der Waals surface area contributed by atoms with Crippen LogP contribution < -0.4 is 4.48 Å². The van der Waals surface area contributed by atoms with Gasteiger partial charge in [-0.2, -0.15) is 0 Å². The van der Waals surface area contributed by atoms with Gasteiger partial charge in [-0.3, -0.25) is 4.48 Å². The number of hydrogen-bond acceptors (Lipinski definition) is 5. The Hall–Kier alpha value is -2.86. The third-order valence-corrected chi connectivity index (χ3v) is 3.64. The molecule has 3 rings (SSSR count). The molecule has 0 saturated heterocycles. The summed E-state index contributed by atoms with van der Waals surface area (Å²) in [6.45, 7) is 0.555. The lowest BCUT2D eigenvalue weighted by molar-refractivity contribution is 0.375. The summed E-state index contributed by atoms with van der Waals surface area (Å²) in [7, 11) is 4.09. The van der Waals surface area contributed by atoms with E-state index in [4.69, 9.17) is 0 Å². The molecule has 1 heterocycles. The first-order chi connectivity index (χ1) is 11.0. The molecule has 0 atom stereocenters. The van der Waals surface area contributed by atoms with Crippen LogP contribution in [0.4, 0.5) is 5.69 Å². The third kappa shape index (κ3) is 3.49. The van der Waals surface area contributed by atoms with E-state index in [1.54, 1.807) is 12.1 Å². The second-order valence-corrected chi connectivity index (χ2v) is 5.87. The summed E-state index contributed by atoms with van der Waals surface area (Å²) in [5, 5.41) is 26.1. The van der Waals surface area contributed by atoms with E-state index in [-0.39, 0.29) is 5.75 Å². The molecule has 0 fully saturated rings. The van der Waals surface area contributed by atoms with E-state index in [1.807, 2.05) is 56.6 Å². The Kier molecular flexibility index (Phi) is 3.99. The lowest BCUT2D eigenvalue weighted by atomic mass is 10.2. The Morgan fingerprint density at radius 1 is 0.826 bits per heavy atom. The van der Waals surface area contributed by atoms with E-state index >= 15 is 0 Å². The van der Waals surface area contributed by atoms with Gasteiger partial charge in [0.05, 0.1) is 14.1 Å². The zero-order valence-electron chi connectivity index (χ0n) is 13.1. The van der Waals surface area contributed by atoms with Crippen molar-refractivity contribution in [2.75, 3.05) is 14.1 Å². The van der Waals surface area contributed by atoms with Gasteiger partial charge in [0, 0.05) is 17.7 Å². The first-order valence-electron chi connectivity index (χ1n) is 7.29. The standard InChI is InChI=1S/C17H17N5O/c1-22(2,14-8-10-15(23)11-9-14)12-16-18-20-17(21-19-16)13-6-4-3-5-7-13/h3-11H,12H2,1-2H3/p+1. The molecule has 116 valence electrons. The smallest absolute Gasteiger partial charge is 0.227 e. The molecule has 1 aromatic heterocycles. The molecule has 0 bridgehead atoms. The fourth-order valence-corrected chi connectivity index (χ4v) is 2.32. The molecule has 6 nitrogen and oxygen atoms in total. The molecule has 0 amide bonds. The van der Waals surface area contributed by atoms with E-state index in [2.05, 4.69) is 20.4 Å². The van der Waals surface area contributed by atoms with Crippen LogP contribution in [0.3, 0.4) is 0 Å². The Morgan fingerprint density at radius 3 is 2.04 bits per heavy atom. The van der Waals surface area contributed by atoms with Crippen LogP contribution in [0.5, 0.6) is 5.75 Å². The van der Waals surface area contributed by atoms with Crippen molar-refractivity contribution in [2.24, 2.45) is 0 Å². The highest BCUT2D eigenvalue weighted by molar-refractivity contribution is 5.53. The summed E-state index contributed by atoms with van der Waals surface area (Å²) in [5.41, 5.74) is 1.94. The van der Waals surface area contributed by atoms with E-state index in [0.29, 0.717) is 22.7 Å². The lowest BCUT2D eigenvalue weighted by Gasteiger charge is -2.28. The third-order valence-electron chi connectivity index (χ3n) is 3.64. The van der Waals surface area contributed by atoms with Crippen LogP contribution in [0.2, 0.25) is 0 Å². The van der Waals surface area contributed by atoms with Crippen LogP contribution >= 0.6 is 0 Å². The van der Waals surface area contributed by atoms with Gasteiger partial charge < -0.3 is 5.11 Å². The van der Waals surface area contributed by atoms with Crippen molar-refractivity contribution >= 4 is 5.69 Å². The number of nitrogens with zero attached hydrogens (tertiary/aromatic N) is 5. The molecule has 1 N–H and O–H groups in total. The van der Waals surface area contributed by atoms with Crippen molar-refractivity contribution in [3.05, 3.63) is 60.4 Å². The van der Waals surface area contributed by atoms with Gasteiger partial charge >= 0.3 is 0 Å². The molecule has 3 aromatic rings. The predicted molar refractivity (Wildman–Crippen MR) is 88.5 cm³/mol. The fourth-order valence-electron chi connectivity index (χ4n) is 2.32. The quantitative estimate of drug-likeness (QED) is 0.749. The number of aromatic hydroxyl groups is 1. The zero-order valence-corrected chi connectivity index (χ0v) is 13.1. The largest absolute Gasteiger partial charge is 0.508 e.